The van der Waals surface area contributed by atoms with Crippen molar-refractivity contribution in [2.45, 2.75) is 104 Å². The van der Waals surface area contributed by atoms with Crippen LogP contribution in [0, 0.1) is 6.92 Å². The molecule has 0 aliphatic carbocycles. The summed E-state index contributed by atoms with van der Waals surface area (Å²) in [6.07, 6.45) is 2.68. The molecule has 5 nitrogen and oxygen atoms in total. The minimum atomic E-state index is -0.231. The van der Waals surface area contributed by atoms with E-state index in [9.17, 15) is 4.79 Å². The first-order valence-electron chi connectivity index (χ1n) is 9.29. The number of piperidine rings is 1. The van der Waals surface area contributed by atoms with Gasteiger partial charge in [-0.15, -0.1) is 0 Å². The van der Waals surface area contributed by atoms with Crippen molar-refractivity contribution in [1.29, 1.82) is 0 Å². The van der Waals surface area contributed by atoms with Gasteiger partial charge in [-0.05, 0) is 47.5 Å². The van der Waals surface area contributed by atoms with Crippen LogP contribution in [0.15, 0.2) is 4.42 Å². The fourth-order valence-corrected chi connectivity index (χ4v) is 4.35. The molecule has 2 heterocycles. The number of carbonyl (C=O) groups excluding carboxylic acids is 1. The van der Waals surface area contributed by atoms with Gasteiger partial charge in [-0.3, -0.25) is 4.79 Å². The van der Waals surface area contributed by atoms with E-state index in [2.05, 4.69) is 53.5 Å². The van der Waals surface area contributed by atoms with Crippen LogP contribution in [-0.4, -0.2) is 32.9 Å². The molecule has 0 aromatic carbocycles. The standard InChI is InChI=1S/C20H35N3O2/c1-13-15(25-17(22-13)18(2,3)4)9-10-16(24)23-19(5,6)11-14(21)12-20(23,7)8/h14H,9-12,21H2,1-8H3. The zero-order valence-corrected chi connectivity index (χ0v) is 17.2. The lowest BCUT2D eigenvalue weighted by molar-refractivity contribution is -0.149. The molecule has 0 spiro atoms. The Kier molecular flexibility index (Phi) is 5.12. The molecule has 0 radical (unpaired) electrons. The van der Waals surface area contributed by atoms with Crippen LogP contribution in [0.25, 0.3) is 0 Å². The number of aromatic nitrogens is 1. The number of hydrogen-bond acceptors (Lipinski definition) is 4. The molecule has 25 heavy (non-hydrogen) atoms. The highest BCUT2D eigenvalue weighted by atomic mass is 16.4. The lowest BCUT2D eigenvalue weighted by atomic mass is 9.77. The smallest absolute Gasteiger partial charge is 0.223 e. The minimum absolute atomic E-state index is 0.125. The quantitative estimate of drug-likeness (QED) is 0.902. The van der Waals surface area contributed by atoms with Crippen molar-refractivity contribution in [3.8, 4) is 0 Å². The summed E-state index contributed by atoms with van der Waals surface area (Å²) in [5.74, 6) is 1.72. The van der Waals surface area contributed by atoms with E-state index in [-0.39, 0.29) is 28.4 Å². The number of aryl methyl sites for hydroxylation is 2. The third kappa shape index (κ3) is 4.25. The predicted octanol–water partition coefficient (Wildman–Crippen LogP) is 3.72. The van der Waals surface area contributed by atoms with Gasteiger partial charge in [-0.1, -0.05) is 20.8 Å². The number of nitrogens with two attached hydrogens (primary N) is 1. The summed E-state index contributed by atoms with van der Waals surface area (Å²) in [5, 5.41) is 0. The van der Waals surface area contributed by atoms with Crippen molar-refractivity contribution in [2.24, 2.45) is 5.73 Å². The summed E-state index contributed by atoms with van der Waals surface area (Å²) >= 11 is 0. The van der Waals surface area contributed by atoms with E-state index in [1.165, 1.54) is 0 Å². The van der Waals surface area contributed by atoms with Crippen molar-refractivity contribution < 1.29 is 9.21 Å². The molecule has 142 valence electrons. The monoisotopic (exact) mass is 349 g/mol. The summed E-state index contributed by atoms with van der Waals surface area (Å²) in [6.45, 7) is 16.6. The molecule has 1 aromatic rings. The van der Waals surface area contributed by atoms with Crippen molar-refractivity contribution in [3.05, 3.63) is 17.3 Å². The maximum atomic E-state index is 13.0. The van der Waals surface area contributed by atoms with Gasteiger partial charge in [0.1, 0.15) is 5.76 Å². The summed E-state index contributed by atoms with van der Waals surface area (Å²) in [5.41, 5.74) is 6.51. The summed E-state index contributed by atoms with van der Waals surface area (Å²) in [6, 6.07) is 0.139. The Morgan fingerprint density at radius 2 is 1.76 bits per heavy atom. The fourth-order valence-electron chi connectivity index (χ4n) is 4.35. The summed E-state index contributed by atoms with van der Waals surface area (Å²) in [7, 11) is 0. The Bertz CT molecular complexity index is 620. The van der Waals surface area contributed by atoms with Crippen LogP contribution < -0.4 is 5.73 Å². The number of nitrogens with zero attached hydrogens (tertiary/aromatic N) is 2. The van der Waals surface area contributed by atoms with Crippen LogP contribution in [0.1, 0.15) is 85.1 Å². The SMILES string of the molecule is Cc1nc(C(C)(C)C)oc1CCC(=O)N1C(C)(C)CC(N)CC1(C)C. The second kappa shape index (κ2) is 6.42. The van der Waals surface area contributed by atoms with Crippen LogP contribution >= 0.6 is 0 Å². The summed E-state index contributed by atoms with van der Waals surface area (Å²) < 4.78 is 5.94. The Labute approximate surface area is 152 Å². The van der Waals surface area contributed by atoms with E-state index in [1.54, 1.807) is 0 Å². The molecule has 1 saturated heterocycles. The molecule has 1 aromatic heterocycles. The highest BCUT2D eigenvalue weighted by Crippen LogP contribution is 2.38. The largest absolute Gasteiger partial charge is 0.445 e. The average Bonchev–Trinajstić information content (AvgIpc) is 2.74. The first-order valence-corrected chi connectivity index (χ1v) is 9.29. The maximum Gasteiger partial charge on any atom is 0.223 e. The van der Waals surface area contributed by atoms with Gasteiger partial charge in [-0.2, -0.15) is 0 Å². The zero-order chi connectivity index (χ0) is 19.2. The Morgan fingerprint density at radius 3 is 2.20 bits per heavy atom. The lowest BCUT2D eigenvalue weighted by Gasteiger charge is -2.54. The van der Waals surface area contributed by atoms with E-state index >= 15 is 0 Å². The third-order valence-electron chi connectivity index (χ3n) is 5.08. The van der Waals surface area contributed by atoms with Crippen molar-refractivity contribution >= 4 is 5.91 Å². The van der Waals surface area contributed by atoms with Gasteiger partial charge in [-0.25, -0.2) is 4.98 Å². The second-order valence-corrected chi connectivity index (χ2v) is 9.80. The highest BCUT2D eigenvalue weighted by Gasteiger charge is 2.46. The Balaban J connectivity index is 2.13. The van der Waals surface area contributed by atoms with Crippen molar-refractivity contribution in [3.63, 3.8) is 0 Å². The molecule has 0 bridgehead atoms. The van der Waals surface area contributed by atoms with Gasteiger partial charge in [0.25, 0.3) is 0 Å². The van der Waals surface area contributed by atoms with Crippen molar-refractivity contribution in [1.82, 2.24) is 9.88 Å². The van der Waals surface area contributed by atoms with E-state index in [4.69, 9.17) is 10.2 Å². The van der Waals surface area contributed by atoms with Crippen LogP contribution in [0.4, 0.5) is 0 Å². The molecular weight excluding hydrogens is 314 g/mol. The summed E-state index contributed by atoms with van der Waals surface area (Å²) in [4.78, 5) is 19.6. The molecule has 0 saturated carbocycles. The van der Waals surface area contributed by atoms with Gasteiger partial charge < -0.3 is 15.1 Å². The first-order chi connectivity index (χ1) is 11.2. The van der Waals surface area contributed by atoms with Gasteiger partial charge in [0.05, 0.1) is 5.69 Å². The number of rotatable bonds is 3. The second-order valence-electron chi connectivity index (χ2n) is 9.80. The number of likely N-dealkylation sites (tertiary alicyclic amines) is 1. The van der Waals surface area contributed by atoms with Gasteiger partial charge in [0, 0.05) is 35.4 Å². The van der Waals surface area contributed by atoms with Gasteiger partial charge in [0.15, 0.2) is 5.89 Å². The van der Waals surface area contributed by atoms with E-state index in [0.29, 0.717) is 12.8 Å². The molecule has 1 amide bonds. The van der Waals surface area contributed by atoms with Crippen LogP contribution in [0.2, 0.25) is 0 Å². The fraction of sp³-hybridized carbons (Fsp3) is 0.800. The van der Waals surface area contributed by atoms with Gasteiger partial charge >= 0.3 is 0 Å². The molecule has 0 atom stereocenters. The van der Waals surface area contributed by atoms with Crippen LogP contribution in [-0.2, 0) is 16.6 Å². The number of carbonyl (C=O) groups is 1. The lowest BCUT2D eigenvalue weighted by Crippen LogP contribution is -2.65. The Hall–Kier alpha value is -1.36. The molecule has 2 N–H and O–H groups in total. The van der Waals surface area contributed by atoms with Crippen LogP contribution in [0.3, 0.4) is 0 Å². The maximum absolute atomic E-state index is 13.0. The average molecular weight is 350 g/mol. The molecule has 1 aliphatic rings. The third-order valence-corrected chi connectivity index (χ3v) is 5.08. The van der Waals surface area contributed by atoms with Crippen molar-refractivity contribution in [2.75, 3.05) is 0 Å². The molecule has 0 unspecified atom stereocenters. The first kappa shape index (κ1) is 20.0. The van der Waals surface area contributed by atoms with Crippen LogP contribution in [0.5, 0.6) is 0 Å². The highest BCUT2D eigenvalue weighted by molar-refractivity contribution is 5.78. The van der Waals surface area contributed by atoms with E-state index in [0.717, 1.165) is 30.2 Å². The Morgan fingerprint density at radius 1 is 1.24 bits per heavy atom. The van der Waals surface area contributed by atoms with E-state index < -0.39 is 0 Å². The van der Waals surface area contributed by atoms with Gasteiger partial charge in [0.2, 0.25) is 5.91 Å². The zero-order valence-electron chi connectivity index (χ0n) is 17.2. The number of amides is 1. The number of oxazole rings is 1. The molecule has 1 fully saturated rings. The topological polar surface area (TPSA) is 72.4 Å². The molecular formula is C20H35N3O2. The predicted molar refractivity (Wildman–Crippen MR) is 100 cm³/mol. The number of hydrogen-bond donors (Lipinski definition) is 1. The van der Waals surface area contributed by atoms with E-state index in [1.807, 2.05) is 11.8 Å². The molecule has 1 aliphatic heterocycles. The minimum Gasteiger partial charge on any atom is -0.445 e. The molecule has 2 rings (SSSR count). The normalized spacial score (nSPS) is 20.8. The molecule has 5 heteroatoms.